The van der Waals surface area contributed by atoms with Crippen LogP contribution in [-0.4, -0.2) is 18.5 Å². The molecule has 0 aliphatic heterocycles. The van der Waals surface area contributed by atoms with Crippen molar-refractivity contribution in [1.82, 2.24) is 0 Å². The standard InChI is InChI=1S/C28H17F3O8/c1-2-35-26(33)15-7-9-17(10-8-15)36-24-23(32)19-12-11-18(14-21(19)39-25(24)28(29,30)31)37-27(34)22-13-16-5-3-4-6-20(16)38-22/h3-14H,2H2,1H3. The summed E-state index contributed by atoms with van der Waals surface area (Å²) in [7, 11) is 0. The van der Waals surface area contributed by atoms with Crippen LogP contribution in [0.15, 0.2) is 86.4 Å². The number of furan rings is 1. The van der Waals surface area contributed by atoms with Gasteiger partial charge in [-0.1, -0.05) is 18.2 Å². The van der Waals surface area contributed by atoms with Crippen LogP contribution < -0.4 is 14.9 Å². The van der Waals surface area contributed by atoms with Gasteiger partial charge in [-0.25, -0.2) is 9.59 Å². The highest BCUT2D eigenvalue weighted by molar-refractivity contribution is 5.94. The second-order valence-corrected chi connectivity index (χ2v) is 8.13. The second kappa shape index (κ2) is 10.0. The molecule has 3 aromatic carbocycles. The molecule has 8 nitrogen and oxygen atoms in total. The summed E-state index contributed by atoms with van der Waals surface area (Å²) < 4.78 is 67.5. The van der Waals surface area contributed by atoms with E-state index in [1.807, 2.05) is 0 Å². The largest absolute Gasteiger partial charge is 0.462 e. The first-order valence-electron chi connectivity index (χ1n) is 11.5. The predicted octanol–water partition coefficient (Wildman–Crippen LogP) is 6.75. The molecule has 198 valence electrons. The summed E-state index contributed by atoms with van der Waals surface area (Å²) >= 11 is 0. The molecule has 0 amide bonds. The van der Waals surface area contributed by atoms with Crippen LogP contribution in [0.4, 0.5) is 13.2 Å². The first-order valence-corrected chi connectivity index (χ1v) is 11.5. The Morgan fingerprint density at radius 2 is 1.56 bits per heavy atom. The Kier molecular flexibility index (Phi) is 6.57. The summed E-state index contributed by atoms with van der Waals surface area (Å²) in [4.78, 5) is 37.4. The van der Waals surface area contributed by atoms with E-state index in [1.54, 1.807) is 31.2 Å². The predicted molar refractivity (Wildman–Crippen MR) is 131 cm³/mol. The molecule has 0 saturated heterocycles. The molecule has 0 saturated carbocycles. The van der Waals surface area contributed by atoms with Crippen molar-refractivity contribution in [3.8, 4) is 17.2 Å². The quantitative estimate of drug-likeness (QED) is 0.173. The zero-order valence-electron chi connectivity index (χ0n) is 20.0. The minimum atomic E-state index is -5.10. The van der Waals surface area contributed by atoms with Gasteiger partial charge in [0.15, 0.2) is 0 Å². The van der Waals surface area contributed by atoms with E-state index < -0.39 is 40.6 Å². The third kappa shape index (κ3) is 5.19. The molecule has 0 atom stereocenters. The monoisotopic (exact) mass is 538 g/mol. The summed E-state index contributed by atoms with van der Waals surface area (Å²) in [6.45, 7) is 1.77. The average Bonchev–Trinajstić information content (AvgIpc) is 3.35. The number of ether oxygens (including phenoxy) is 3. The maximum absolute atomic E-state index is 13.9. The first-order chi connectivity index (χ1) is 18.6. The van der Waals surface area contributed by atoms with Crippen molar-refractivity contribution in [3.05, 3.63) is 100 Å². The van der Waals surface area contributed by atoms with Gasteiger partial charge in [0.1, 0.15) is 22.7 Å². The highest BCUT2D eigenvalue weighted by atomic mass is 19.4. The molecule has 5 rings (SSSR count). The number of halogens is 3. The van der Waals surface area contributed by atoms with Crippen molar-refractivity contribution in [2.75, 3.05) is 6.61 Å². The van der Waals surface area contributed by atoms with Gasteiger partial charge < -0.3 is 23.0 Å². The lowest BCUT2D eigenvalue weighted by molar-refractivity contribution is -0.154. The minimum Gasteiger partial charge on any atom is -0.462 e. The first kappa shape index (κ1) is 25.6. The van der Waals surface area contributed by atoms with Crippen molar-refractivity contribution >= 4 is 33.9 Å². The van der Waals surface area contributed by atoms with Gasteiger partial charge >= 0.3 is 18.1 Å². The lowest BCUT2D eigenvalue weighted by Crippen LogP contribution is -2.15. The SMILES string of the molecule is CCOC(=O)c1ccc(Oc2c(C(F)(F)F)oc3cc(OC(=O)c4cc5ccccc5o4)ccc3c2=O)cc1. The summed E-state index contributed by atoms with van der Waals surface area (Å²) in [5.74, 6) is -4.73. The van der Waals surface area contributed by atoms with E-state index in [0.717, 1.165) is 12.1 Å². The number of carbonyl (C=O) groups excluding carboxylic acids is 2. The molecule has 39 heavy (non-hydrogen) atoms. The van der Waals surface area contributed by atoms with E-state index in [-0.39, 0.29) is 34.8 Å². The summed E-state index contributed by atoms with van der Waals surface area (Å²) in [5, 5.41) is 0.413. The molecule has 0 spiro atoms. The molecular formula is C28H17F3O8. The molecule has 0 N–H and O–H groups in total. The summed E-state index contributed by atoms with van der Waals surface area (Å²) in [5.41, 5.74) is -0.984. The number of para-hydroxylation sites is 1. The smallest absolute Gasteiger partial charge is 0.453 e. The fourth-order valence-electron chi connectivity index (χ4n) is 3.73. The van der Waals surface area contributed by atoms with Crippen molar-refractivity contribution in [2.24, 2.45) is 0 Å². The van der Waals surface area contributed by atoms with Crippen molar-refractivity contribution in [3.63, 3.8) is 0 Å². The molecule has 0 fully saturated rings. The van der Waals surface area contributed by atoms with Crippen LogP contribution in [0.25, 0.3) is 21.9 Å². The Morgan fingerprint density at radius 1 is 0.846 bits per heavy atom. The number of esters is 2. The van der Waals surface area contributed by atoms with Crippen molar-refractivity contribution in [1.29, 1.82) is 0 Å². The highest BCUT2D eigenvalue weighted by Crippen LogP contribution is 2.38. The Balaban J connectivity index is 1.47. The number of hydrogen-bond acceptors (Lipinski definition) is 8. The van der Waals surface area contributed by atoms with Gasteiger partial charge in [0, 0.05) is 11.5 Å². The zero-order valence-corrected chi connectivity index (χ0v) is 20.0. The third-order valence-corrected chi connectivity index (χ3v) is 5.50. The molecule has 11 heteroatoms. The van der Waals surface area contributed by atoms with Crippen LogP contribution in [0.1, 0.15) is 33.6 Å². The fraction of sp³-hybridized carbons (Fsp3) is 0.107. The summed E-state index contributed by atoms with van der Waals surface area (Å²) in [6, 6.07) is 16.7. The lowest BCUT2D eigenvalue weighted by atomic mass is 10.2. The number of carbonyl (C=O) groups is 2. The van der Waals surface area contributed by atoms with Crippen LogP contribution in [0, 0.1) is 0 Å². The Bertz CT molecular complexity index is 1730. The lowest BCUT2D eigenvalue weighted by Gasteiger charge is -2.14. The van der Waals surface area contributed by atoms with Crippen molar-refractivity contribution in [2.45, 2.75) is 13.1 Å². The molecule has 5 aromatic rings. The van der Waals surface area contributed by atoms with Crippen LogP contribution in [0.3, 0.4) is 0 Å². The van der Waals surface area contributed by atoms with E-state index in [1.165, 1.54) is 36.4 Å². The Hall–Kier alpha value is -5.06. The van der Waals surface area contributed by atoms with Gasteiger partial charge in [0.05, 0.1) is 17.6 Å². The molecule has 2 heterocycles. The molecular weight excluding hydrogens is 521 g/mol. The van der Waals surface area contributed by atoms with Gasteiger partial charge in [-0.15, -0.1) is 0 Å². The van der Waals surface area contributed by atoms with Crippen LogP contribution >= 0.6 is 0 Å². The maximum Gasteiger partial charge on any atom is 0.453 e. The third-order valence-electron chi connectivity index (χ3n) is 5.50. The fourth-order valence-corrected chi connectivity index (χ4v) is 3.73. The highest BCUT2D eigenvalue weighted by Gasteiger charge is 2.40. The molecule has 0 bridgehead atoms. The van der Waals surface area contributed by atoms with E-state index in [0.29, 0.717) is 11.0 Å². The Morgan fingerprint density at radius 3 is 2.26 bits per heavy atom. The molecule has 0 aliphatic rings. The Labute approximate surface area is 217 Å². The van der Waals surface area contributed by atoms with Crippen LogP contribution in [-0.2, 0) is 10.9 Å². The van der Waals surface area contributed by atoms with Crippen LogP contribution in [0.5, 0.6) is 17.2 Å². The number of alkyl halides is 3. The van der Waals surface area contributed by atoms with E-state index >= 15 is 0 Å². The van der Waals surface area contributed by atoms with Gasteiger partial charge in [-0.2, -0.15) is 13.2 Å². The molecule has 0 unspecified atom stereocenters. The number of rotatable bonds is 6. The topological polar surface area (TPSA) is 105 Å². The maximum atomic E-state index is 13.9. The normalized spacial score (nSPS) is 11.5. The molecule has 0 radical (unpaired) electrons. The van der Waals surface area contributed by atoms with E-state index in [4.69, 9.17) is 23.0 Å². The zero-order chi connectivity index (χ0) is 27.7. The van der Waals surface area contributed by atoms with Crippen molar-refractivity contribution < 1.29 is 45.8 Å². The van der Waals surface area contributed by atoms with Crippen LogP contribution in [0.2, 0.25) is 0 Å². The van der Waals surface area contributed by atoms with E-state index in [2.05, 4.69) is 0 Å². The average molecular weight is 538 g/mol. The van der Waals surface area contributed by atoms with E-state index in [9.17, 15) is 27.6 Å². The second-order valence-electron chi connectivity index (χ2n) is 8.13. The van der Waals surface area contributed by atoms with Gasteiger partial charge in [-0.3, -0.25) is 4.79 Å². The van der Waals surface area contributed by atoms with Gasteiger partial charge in [-0.05, 0) is 55.5 Å². The number of hydrogen-bond donors (Lipinski definition) is 0. The molecule has 0 aliphatic carbocycles. The molecule has 2 aromatic heterocycles. The number of benzene rings is 3. The summed E-state index contributed by atoms with van der Waals surface area (Å²) in [6.07, 6.45) is -5.10. The minimum absolute atomic E-state index is 0.119. The van der Waals surface area contributed by atoms with Gasteiger partial charge in [0.25, 0.3) is 5.76 Å². The number of fused-ring (bicyclic) bond motifs is 2. The van der Waals surface area contributed by atoms with Gasteiger partial charge in [0.2, 0.25) is 16.9 Å².